The van der Waals surface area contributed by atoms with Gasteiger partial charge in [0.25, 0.3) is 5.91 Å². The molecule has 1 amide bonds. The molecule has 0 heterocycles. The summed E-state index contributed by atoms with van der Waals surface area (Å²) in [7, 11) is 0. The van der Waals surface area contributed by atoms with E-state index in [9.17, 15) is 9.18 Å². The van der Waals surface area contributed by atoms with Gasteiger partial charge in [0.05, 0.1) is 11.1 Å². The van der Waals surface area contributed by atoms with E-state index in [0.29, 0.717) is 11.8 Å². The molecule has 0 aromatic heterocycles. The lowest BCUT2D eigenvalue weighted by atomic mass is 9.78. The Labute approximate surface area is 128 Å². The maximum atomic E-state index is 13.8. The van der Waals surface area contributed by atoms with E-state index in [4.69, 9.17) is 23.2 Å². The molecular weight excluding hydrogens is 300 g/mol. The van der Waals surface area contributed by atoms with Crippen LogP contribution in [0.2, 0.25) is 5.02 Å². The average Bonchev–Trinajstić information content (AvgIpc) is 2.41. The molecular formula is C15H18Cl2FNO. The van der Waals surface area contributed by atoms with Gasteiger partial charge < -0.3 is 5.32 Å². The zero-order valence-electron chi connectivity index (χ0n) is 11.4. The van der Waals surface area contributed by atoms with E-state index in [2.05, 4.69) is 12.2 Å². The summed E-state index contributed by atoms with van der Waals surface area (Å²) in [6, 6.07) is 4.06. The molecule has 1 N–H and O–H groups in total. The molecule has 0 unspecified atom stereocenters. The van der Waals surface area contributed by atoms with Crippen molar-refractivity contribution in [3.63, 3.8) is 0 Å². The number of amides is 1. The Morgan fingerprint density at radius 2 is 2.10 bits per heavy atom. The molecule has 2 nitrogen and oxygen atoms in total. The Morgan fingerprint density at radius 1 is 1.45 bits per heavy atom. The first-order valence-electron chi connectivity index (χ1n) is 6.79. The largest absolute Gasteiger partial charge is 0.345 e. The fraction of sp³-hybridized carbons (Fsp3) is 0.533. The van der Waals surface area contributed by atoms with E-state index >= 15 is 0 Å². The molecule has 5 heteroatoms. The zero-order valence-corrected chi connectivity index (χ0v) is 12.9. The highest BCUT2D eigenvalue weighted by Gasteiger charge is 2.35. The Hall–Kier alpha value is -0.800. The third-order valence-electron chi connectivity index (χ3n) is 4.04. The van der Waals surface area contributed by atoms with Gasteiger partial charge in [-0.3, -0.25) is 4.79 Å². The van der Waals surface area contributed by atoms with Crippen LogP contribution in [0.1, 0.15) is 43.0 Å². The first-order chi connectivity index (χ1) is 9.46. The van der Waals surface area contributed by atoms with Gasteiger partial charge in [-0.15, -0.1) is 11.6 Å². The van der Waals surface area contributed by atoms with Crippen molar-refractivity contribution in [1.82, 2.24) is 5.32 Å². The van der Waals surface area contributed by atoms with Crippen LogP contribution in [0.4, 0.5) is 4.39 Å². The summed E-state index contributed by atoms with van der Waals surface area (Å²) in [5, 5.41) is 3.20. The predicted octanol–water partition coefficient (Wildman–Crippen LogP) is 4.40. The molecule has 1 aromatic rings. The number of nitrogens with one attached hydrogen (secondary N) is 1. The number of rotatable bonds is 3. The molecule has 0 saturated heterocycles. The van der Waals surface area contributed by atoms with E-state index < -0.39 is 17.3 Å². The number of hydrogen-bond donors (Lipinski definition) is 1. The van der Waals surface area contributed by atoms with Crippen molar-refractivity contribution in [2.24, 2.45) is 5.92 Å². The van der Waals surface area contributed by atoms with E-state index in [1.807, 2.05) is 0 Å². The lowest BCUT2D eigenvalue weighted by Gasteiger charge is -2.38. The fourth-order valence-corrected chi connectivity index (χ4v) is 3.08. The van der Waals surface area contributed by atoms with E-state index in [0.717, 1.165) is 31.7 Å². The zero-order chi connectivity index (χ0) is 14.8. The van der Waals surface area contributed by atoms with Crippen molar-refractivity contribution in [3.05, 3.63) is 34.6 Å². The summed E-state index contributed by atoms with van der Waals surface area (Å²) < 4.78 is 13.8. The Bertz CT molecular complexity index is 499. The molecule has 2 rings (SSSR count). The van der Waals surface area contributed by atoms with Crippen LogP contribution in [0.15, 0.2) is 18.2 Å². The summed E-state index contributed by atoms with van der Waals surface area (Å²) in [5.41, 5.74) is -0.408. The van der Waals surface area contributed by atoms with Crippen LogP contribution in [0, 0.1) is 11.7 Å². The lowest BCUT2D eigenvalue weighted by Crippen LogP contribution is -2.52. The Balaban J connectivity index is 2.13. The first-order valence-corrected chi connectivity index (χ1v) is 7.70. The smallest absolute Gasteiger partial charge is 0.254 e. The van der Waals surface area contributed by atoms with Crippen molar-refractivity contribution in [3.8, 4) is 0 Å². The summed E-state index contributed by atoms with van der Waals surface area (Å²) in [6.07, 6.45) is 3.71. The van der Waals surface area contributed by atoms with Crippen molar-refractivity contribution in [1.29, 1.82) is 0 Å². The molecule has 1 aromatic carbocycles. The average molecular weight is 318 g/mol. The molecule has 1 aliphatic carbocycles. The topological polar surface area (TPSA) is 29.1 Å². The van der Waals surface area contributed by atoms with Gasteiger partial charge in [0.15, 0.2) is 0 Å². The van der Waals surface area contributed by atoms with Crippen LogP contribution in [-0.2, 0) is 0 Å². The van der Waals surface area contributed by atoms with Gasteiger partial charge in [-0.1, -0.05) is 18.5 Å². The third-order valence-corrected chi connectivity index (χ3v) is 4.79. The summed E-state index contributed by atoms with van der Waals surface area (Å²) in [6.45, 7) is 2.19. The molecule has 20 heavy (non-hydrogen) atoms. The minimum Gasteiger partial charge on any atom is -0.345 e. The van der Waals surface area contributed by atoms with Gasteiger partial charge in [-0.2, -0.15) is 0 Å². The van der Waals surface area contributed by atoms with E-state index in [-0.39, 0.29) is 10.6 Å². The van der Waals surface area contributed by atoms with Crippen LogP contribution in [0.3, 0.4) is 0 Å². The van der Waals surface area contributed by atoms with Gasteiger partial charge in [0.2, 0.25) is 0 Å². The highest BCUT2D eigenvalue weighted by Crippen LogP contribution is 2.33. The summed E-state index contributed by atoms with van der Waals surface area (Å²) in [4.78, 5) is 12.2. The molecule has 0 radical (unpaired) electrons. The lowest BCUT2D eigenvalue weighted by molar-refractivity contribution is 0.0868. The van der Waals surface area contributed by atoms with Gasteiger partial charge in [-0.25, -0.2) is 4.39 Å². The quantitative estimate of drug-likeness (QED) is 0.823. The first kappa shape index (κ1) is 15.6. The summed E-state index contributed by atoms with van der Waals surface area (Å²) >= 11 is 11.7. The Kier molecular flexibility index (Phi) is 4.92. The molecule has 110 valence electrons. The number of halogens is 3. The Morgan fingerprint density at radius 3 is 2.65 bits per heavy atom. The minimum atomic E-state index is -0.608. The third kappa shape index (κ3) is 3.44. The standard InChI is InChI=1S/C15H18Cl2FNO/c1-10-4-6-15(9-16,7-5-10)19-14(20)12-3-2-11(17)8-13(12)18/h2-3,8,10H,4-7,9H2,1H3,(H,19,20). The maximum absolute atomic E-state index is 13.8. The number of hydrogen-bond acceptors (Lipinski definition) is 1. The molecule has 0 aliphatic heterocycles. The number of carbonyl (C=O) groups excluding carboxylic acids is 1. The van der Waals surface area contributed by atoms with Crippen LogP contribution in [0.5, 0.6) is 0 Å². The molecule has 1 fully saturated rings. The van der Waals surface area contributed by atoms with Gasteiger partial charge in [0, 0.05) is 10.9 Å². The number of benzene rings is 1. The van der Waals surface area contributed by atoms with Crippen molar-refractivity contribution in [2.75, 3.05) is 5.88 Å². The second kappa shape index (κ2) is 6.31. The molecule has 0 bridgehead atoms. The van der Waals surface area contributed by atoms with Gasteiger partial charge in [0.1, 0.15) is 5.82 Å². The van der Waals surface area contributed by atoms with Crippen molar-refractivity contribution < 1.29 is 9.18 Å². The molecule has 0 atom stereocenters. The maximum Gasteiger partial charge on any atom is 0.254 e. The number of carbonyl (C=O) groups is 1. The number of alkyl halides is 1. The normalized spacial score (nSPS) is 26.3. The van der Waals surface area contributed by atoms with E-state index in [1.165, 1.54) is 12.1 Å². The summed E-state index contributed by atoms with van der Waals surface area (Å²) in [5.74, 6) is -0.0329. The monoisotopic (exact) mass is 317 g/mol. The van der Waals surface area contributed by atoms with E-state index in [1.54, 1.807) is 0 Å². The minimum absolute atomic E-state index is 0.0116. The highest BCUT2D eigenvalue weighted by atomic mass is 35.5. The van der Waals surface area contributed by atoms with Crippen molar-refractivity contribution in [2.45, 2.75) is 38.1 Å². The van der Waals surface area contributed by atoms with Crippen LogP contribution in [-0.4, -0.2) is 17.3 Å². The van der Waals surface area contributed by atoms with Crippen LogP contribution in [0.25, 0.3) is 0 Å². The van der Waals surface area contributed by atoms with Crippen molar-refractivity contribution >= 4 is 29.1 Å². The molecule has 0 spiro atoms. The van der Waals surface area contributed by atoms with Gasteiger partial charge >= 0.3 is 0 Å². The fourth-order valence-electron chi connectivity index (χ4n) is 2.59. The second-order valence-electron chi connectivity index (χ2n) is 5.67. The predicted molar refractivity (Wildman–Crippen MR) is 80.0 cm³/mol. The van der Waals surface area contributed by atoms with Gasteiger partial charge in [-0.05, 0) is 49.8 Å². The second-order valence-corrected chi connectivity index (χ2v) is 6.38. The highest BCUT2D eigenvalue weighted by molar-refractivity contribution is 6.30. The molecule has 1 aliphatic rings. The van der Waals surface area contributed by atoms with Crippen LogP contribution >= 0.6 is 23.2 Å². The van der Waals surface area contributed by atoms with Crippen LogP contribution < -0.4 is 5.32 Å². The SMILES string of the molecule is CC1CCC(CCl)(NC(=O)c2ccc(Cl)cc2F)CC1. The molecule has 1 saturated carbocycles.